The van der Waals surface area contributed by atoms with Gasteiger partial charge in [0.15, 0.2) is 5.78 Å². The van der Waals surface area contributed by atoms with Crippen molar-refractivity contribution in [1.29, 1.82) is 0 Å². The molecule has 3 rings (SSSR count). The summed E-state index contributed by atoms with van der Waals surface area (Å²) in [4.78, 5) is 25.6. The van der Waals surface area contributed by atoms with Crippen molar-refractivity contribution in [3.63, 3.8) is 0 Å². The molecule has 182 valence electrons. The van der Waals surface area contributed by atoms with Crippen LogP contribution in [0.15, 0.2) is 30.5 Å². The van der Waals surface area contributed by atoms with Crippen molar-refractivity contribution >= 4 is 34.0 Å². The molecule has 8 heteroatoms. The number of carbonyl (C=O) groups is 2. The smallest absolute Gasteiger partial charge is 0.254 e. The highest BCUT2D eigenvalue weighted by atomic mass is 16.5. The van der Waals surface area contributed by atoms with E-state index in [4.69, 9.17) is 10.5 Å². The second kappa shape index (κ2) is 9.67. The van der Waals surface area contributed by atoms with Gasteiger partial charge in [-0.05, 0) is 43.5 Å². The molecule has 0 saturated carbocycles. The first-order valence-electron chi connectivity index (χ1n) is 11.4. The van der Waals surface area contributed by atoms with Crippen molar-refractivity contribution in [2.45, 2.75) is 46.6 Å². The molecule has 34 heavy (non-hydrogen) atoms. The van der Waals surface area contributed by atoms with Crippen molar-refractivity contribution in [1.82, 2.24) is 9.88 Å². The quantitative estimate of drug-likeness (QED) is 0.290. The third-order valence-electron chi connectivity index (χ3n) is 5.72. The molecule has 0 bridgehead atoms. The van der Waals surface area contributed by atoms with Gasteiger partial charge in [0.05, 0.1) is 24.4 Å². The molecular formula is C26H34N4O4. The van der Waals surface area contributed by atoms with Crippen molar-refractivity contribution in [2.75, 3.05) is 31.2 Å². The number of Topliss-reactive ketones (excluding diaryl/α,β-unsaturated/α-hetero) is 1. The predicted octanol–water partition coefficient (Wildman–Crippen LogP) is 4.30. The zero-order chi connectivity index (χ0) is 25.2. The van der Waals surface area contributed by atoms with E-state index in [2.05, 4.69) is 10.6 Å². The Bertz CT molecular complexity index is 1240. The molecule has 0 radical (unpaired) electrons. The van der Waals surface area contributed by atoms with Crippen LogP contribution in [0.25, 0.3) is 10.8 Å². The number of fused-ring (bicyclic) bond motifs is 1. The number of benzene rings is 2. The van der Waals surface area contributed by atoms with Crippen molar-refractivity contribution < 1.29 is 19.4 Å². The van der Waals surface area contributed by atoms with Crippen LogP contribution in [-0.4, -0.2) is 41.6 Å². The molecule has 1 aromatic heterocycles. The summed E-state index contributed by atoms with van der Waals surface area (Å²) in [5.41, 5.74) is 8.13. The molecule has 1 heterocycles. The van der Waals surface area contributed by atoms with Crippen LogP contribution in [0.1, 0.15) is 60.9 Å². The Balaban J connectivity index is 2.04. The Kier molecular flexibility index (Phi) is 7.09. The van der Waals surface area contributed by atoms with Crippen molar-refractivity contribution in [3.05, 3.63) is 47.2 Å². The normalized spacial score (nSPS) is 11.5. The Morgan fingerprint density at radius 2 is 1.85 bits per heavy atom. The molecule has 0 saturated heterocycles. The summed E-state index contributed by atoms with van der Waals surface area (Å²) >= 11 is 0. The Morgan fingerprint density at radius 3 is 2.44 bits per heavy atom. The van der Waals surface area contributed by atoms with Gasteiger partial charge in [-0.15, -0.1) is 0 Å². The maximum absolute atomic E-state index is 13.3. The number of nitrogen functional groups attached to an aromatic ring is 1. The van der Waals surface area contributed by atoms with E-state index in [9.17, 15) is 14.7 Å². The minimum Gasteiger partial charge on any atom is -0.505 e. The van der Waals surface area contributed by atoms with Crippen molar-refractivity contribution in [2.24, 2.45) is 0 Å². The number of ether oxygens (including phenoxy) is 1. The van der Waals surface area contributed by atoms with Crippen LogP contribution in [0.5, 0.6) is 11.5 Å². The summed E-state index contributed by atoms with van der Waals surface area (Å²) in [6.45, 7) is 10.8. The molecule has 0 spiro atoms. The number of anilines is 2. The highest BCUT2D eigenvalue weighted by Crippen LogP contribution is 2.38. The van der Waals surface area contributed by atoms with E-state index in [1.54, 1.807) is 42.1 Å². The van der Waals surface area contributed by atoms with Gasteiger partial charge in [0.2, 0.25) is 0 Å². The van der Waals surface area contributed by atoms with Gasteiger partial charge in [0.1, 0.15) is 17.3 Å². The number of hydrogen-bond donors (Lipinski definition) is 4. The second-order valence-electron chi connectivity index (χ2n) is 9.21. The number of nitrogens with zero attached hydrogens (tertiary/aromatic N) is 1. The average Bonchev–Trinajstić information content (AvgIpc) is 3.07. The maximum atomic E-state index is 13.3. The molecule has 0 unspecified atom stereocenters. The van der Waals surface area contributed by atoms with E-state index in [1.165, 1.54) is 0 Å². The van der Waals surface area contributed by atoms with E-state index in [0.717, 1.165) is 5.39 Å². The van der Waals surface area contributed by atoms with Crippen LogP contribution in [0.2, 0.25) is 0 Å². The van der Waals surface area contributed by atoms with Crippen molar-refractivity contribution in [3.8, 4) is 11.5 Å². The van der Waals surface area contributed by atoms with Gasteiger partial charge in [-0.25, -0.2) is 0 Å². The summed E-state index contributed by atoms with van der Waals surface area (Å²) in [6, 6.07) is 6.88. The minimum atomic E-state index is -0.350. The number of phenolic OH excluding ortho intramolecular Hbond substituents is 1. The molecule has 0 aliphatic carbocycles. The lowest BCUT2D eigenvalue weighted by Gasteiger charge is -2.23. The lowest BCUT2D eigenvalue weighted by Crippen LogP contribution is -2.19. The van der Waals surface area contributed by atoms with Crippen LogP contribution in [0.3, 0.4) is 0 Å². The Labute approximate surface area is 200 Å². The molecule has 1 amide bonds. The van der Waals surface area contributed by atoms with Crippen LogP contribution in [0, 0.1) is 0 Å². The molecule has 0 atom stereocenters. The maximum Gasteiger partial charge on any atom is 0.254 e. The van der Waals surface area contributed by atoms with Gasteiger partial charge < -0.3 is 30.8 Å². The van der Waals surface area contributed by atoms with Crippen LogP contribution in [-0.2, 0) is 12.0 Å². The fourth-order valence-electron chi connectivity index (χ4n) is 3.97. The van der Waals surface area contributed by atoms with E-state index >= 15 is 0 Å². The summed E-state index contributed by atoms with van der Waals surface area (Å²) in [7, 11) is 1.56. The Hall–Kier alpha value is -3.68. The van der Waals surface area contributed by atoms with Gasteiger partial charge in [0, 0.05) is 41.7 Å². The third-order valence-corrected chi connectivity index (χ3v) is 5.72. The second-order valence-corrected chi connectivity index (χ2v) is 9.21. The lowest BCUT2D eigenvalue weighted by atomic mass is 9.84. The number of amides is 1. The fraction of sp³-hybridized carbons (Fsp3) is 0.385. The monoisotopic (exact) mass is 466 g/mol. The van der Waals surface area contributed by atoms with Crippen LogP contribution in [0.4, 0.5) is 11.5 Å². The number of aromatic hydroxyl groups is 1. The van der Waals surface area contributed by atoms with Crippen LogP contribution >= 0.6 is 0 Å². The molecule has 5 N–H and O–H groups in total. The highest BCUT2D eigenvalue weighted by Gasteiger charge is 2.24. The number of rotatable bonds is 8. The highest BCUT2D eigenvalue weighted by molar-refractivity contribution is 6.05. The first-order valence-corrected chi connectivity index (χ1v) is 11.4. The Morgan fingerprint density at radius 1 is 1.15 bits per heavy atom. The van der Waals surface area contributed by atoms with Gasteiger partial charge in [-0.2, -0.15) is 0 Å². The van der Waals surface area contributed by atoms with Crippen LogP contribution < -0.4 is 21.1 Å². The molecule has 0 aliphatic heterocycles. The number of ketones is 1. The molecular weight excluding hydrogens is 432 g/mol. The van der Waals surface area contributed by atoms with E-state index in [0.29, 0.717) is 52.5 Å². The van der Waals surface area contributed by atoms with Gasteiger partial charge in [-0.1, -0.05) is 20.8 Å². The standard InChI is InChI=1S/C26H34N4O4/c1-7-29-20-10-15(9-19(23(20)32)26(3,4)5)21(31)14-30-13-16-11-22(34-8-2)18(25(33)28-6)12-17(16)24(30)27/h9-13,29,32H,7-8,14,27H2,1-6H3,(H,28,33). The zero-order valence-electron chi connectivity index (χ0n) is 20.7. The first kappa shape index (κ1) is 25.0. The summed E-state index contributed by atoms with van der Waals surface area (Å²) < 4.78 is 7.32. The average molecular weight is 467 g/mol. The zero-order valence-corrected chi connectivity index (χ0v) is 20.7. The summed E-state index contributed by atoms with van der Waals surface area (Å²) in [6.07, 6.45) is 1.79. The number of phenols is 1. The molecule has 0 aliphatic rings. The molecule has 2 aromatic carbocycles. The van der Waals surface area contributed by atoms with E-state index in [-0.39, 0.29) is 29.4 Å². The van der Waals surface area contributed by atoms with E-state index in [1.807, 2.05) is 34.6 Å². The van der Waals surface area contributed by atoms with Gasteiger partial charge >= 0.3 is 0 Å². The summed E-state index contributed by atoms with van der Waals surface area (Å²) in [5, 5.41) is 17.9. The number of aromatic nitrogens is 1. The number of carbonyl (C=O) groups excluding carboxylic acids is 2. The lowest BCUT2D eigenvalue weighted by molar-refractivity contribution is 0.0955. The number of nitrogens with two attached hydrogens (primary N) is 1. The topological polar surface area (TPSA) is 119 Å². The SMILES string of the molecule is CCNc1cc(C(=O)Cn2cc3cc(OCC)c(C(=O)NC)cc3c2N)cc(C(C)(C)C)c1O. The van der Waals surface area contributed by atoms with E-state index < -0.39 is 0 Å². The predicted molar refractivity (Wildman–Crippen MR) is 136 cm³/mol. The minimum absolute atomic E-state index is 0.0136. The third kappa shape index (κ3) is 4.81. The van der Waals surface area contributed by atoms with Gasteiger partial charge in [0.25, 0.3) is 5.91 Å². The largest absolute Gasteiger partial charge is 0.505 e. The number of nitrogens with one attached hydrogen (secondary N) is 2. The first-order chi connectivity index (χ1) is 16.0. The molecule has 3 aromatic rings. The fourth-order valence-corrected chi connectivity index (χ4v) is 3.97. The summed E-state index contributed by atoms with van der Waals surface area (Å²) in [5.74, 6) is 0.582. The molecule has 8 nitrogen and oxygen atoms in total. The van der Waals surface area contributed by atoms with Gasteiger partial charge in [-0.3, -0.25) is 9.59 Å². The molecule has 0 fully saturated rings. The number of hydrogen-bond acceptors (Lipinski definition) is 6.